The molecule has 0 saturated carbocycles. The lowest BCUT2D eigenvalue weighted by atomic mass is 10.1. The summed E-state index contributed by atoms with van der Waals surface area (Å²) < 4.78 is 13.7. The number of carbonyl (C=O) groups excluding carboxylic acids is 1. The van der Waals surface area contributed by atoms with E-state index in [-0.39, 0.29) is 56.2 Å². The average molecular weight is 1680 g/mol. The number of benzene rings is 16. The topological polar surface area (TPSA) is 35.5 Å². The van der Waals surface area contributed by atoms with Crippen LogP contribution in [-0.2, 0) is 64.0 Å². The Balaban J connectivity index is 0.000000129. The highest BCUT2D eigenvalue weighted by atomic mass is 127. The molecule has 0 spiro atoms. The predicted molar refractivity (Wildman–Crippen MR) is 474 cm³/mol. The highest BCUT2D eigenvalue weighted by Crippen LogP contribution is 2.41. The van der Waals surface area contributed by atoms with Crippen LogP contribution in [0.25, 0.3) is 32.3 Å². The molecule has 534 valence electrons. The van der Waals surface area contributed by atoms with Crippen molar-refractivity contribution in [1.29, 1.82) is 0 Å². The molecule has 0 aliphatic heterocycles. The molecule has 0 aliphatic carbocycles. The molecule has 16 rings (SSSR count). The second-order valence-electron chi connectivity index (χ2n) is 25.9. The van der Waals surface area contributed by atoms with Gasteiger partial charge >= 0.3 is 5.97 Å². The Hall–Kier alpha value is -9.47. The number of halogens is 2. The molecule has 16 aromatic rings. The zero-order valence-electron chi connectivity index (χ0n) is 61.0. The Morgan fingerprint density at radius 1 is 0.296 bits per heavy atom. The summed E-state index contributed by atoms with van der Waals surface area (Å²) in [6, 6.07) is 146. The van der Waals surface area contributed by atoms with Gasteiger partial charge < -0.3 is 9.47 Å². The van der Waals surface area contributed by atoms with Crippen molar-refractivity contribution in [2.75, 3.05) is 19.1 Å². The zero-order valence-corrected chi connectivity index (χ0v) is 68.8. The summed E-state index contributed by atoms with van der Waals surface area (Å²) in [5, 5.41) is 7.49. The fourth-order valence-electron chi connectivity index (χ4n) is 12.2. The van der Waals surface area contributed by atoms with Crippen LogP contribution in [0.3, 0.4) is 0 Å². The van der Waals surface area contributed by atoms with Crippen LogP contribution < -0.4 is 4.74 Å². The molecule has 16 aromatic carbocycles. The molecule has 0 aliphatic rings. The number of carbonyl (C=O) groups is 1. The van der Waals surface area contributed by atoms with Gasteiger partial charge in [-0.2, -0.15) is 0 Å². The summed E-state index contributed by atoms with van der Waals surface area (Å²) in [5.41, 5.74) is -0.536. The van der Waals surface area contributed by atoms with Gasteiger partial charge in [-0.05, 0) is 242 Å². The Bertz CT molecular complexity index is 5130. The minimum absolute atomic E-state index is 0.0262. The van der Waals surface area contributed by atoms with Crippen molar-refractivity contribution in [2.24, 2.45) is 0 Å². The Kier molecular flexibility index (Phi) is 28.6. The summed E-state index contributed by atoms with van der Waals surface area (Å²) in [4.78, 5) is 29.6. The van der Waals surface area contributed by atoms with Gasteiger partial charge in [0.2, 0.25) is 0 Å². The maximum Gasteiger partial charge on any atom is 0.344 e. The molecule has 10 heteroatoms. The average Bonchev–Trinajstić information content (AvgIpc) is 0.782. The number of ether oxygens (including phenoxy) is 2. The van der Waals surface area contributed by atoms with Crippen LogP contribution in [0, 0.1) is 3.57 Å². The number of esters is 1. The van der Waals surface area contributed by atoms with Crippen molar-refractivity contribution in [3.05, 3.63) is 421 Å². The second-order valence-corrected chi connectivity index (χ2v) is 38.2. The molecule has 0 heterocycles. The molecule has 3 nitrogen and oxygen atoms in total. The zero-order chi connectivity index (χ0) is 74.9. The van der Waals surface area contributed by atoms with Gasteiger partial charge in [0.05, 0.1) is 43.6 Å². The van der Waals surface area contributed by atoms with Crippen LogP contribution in [-0.4, -0.2) is 30.7 Å². The van der Waals surface area contributed by atoms with E-state index in [4.69, 9.17) is 9.47 Å². The summed E-state index contributed by atoms with van der Waals surface area (Å²) in [6.45, 7) is 5.43. The van der Waals surface area contributed by atoms with Crippen LogP contribution in [0.4, 0.5) is 0 Å². The van der Waals surface area contributed by atoms with Crippen molar-refractivity contribution < 1.29 is 14.3 Å². The SMILES string of the molecule is Brc1ccc([S+](c2ccccc2)c2ccccc2)cc1.CC(C)(C)OC(=O)COc1ccc([S+](c2ccccc2)c2ccccc2)c2ccccc12.C[S+](C)c1cccc2ccccc12.Ic1ccc([S+](c2ccccc2)c2ccccc2)cc1.c1ccc([S+](c2ccccc2)c2cccc3ccccc23)cc1. The lowest BCUT2D eigenvalue weighted by molar-refractivity contribution is -0.157. The van der Waals surface area contributed by atoms with E-state index < -0.39 is 5.60 Å². The van der Waals surface area contributed by atoms with E-state index in [2.05, 4.69) is 427 Å². The quantitative estimate of drug-likeness (QED) is 0.0549. The molecule has 0 fully saturated rings. The van der Waals surface area contributed by atoms with E-state index in [1.54, 1.807) is 0 Å². The minimum Gasteiger partial charge on any atom is -0.481 e. The molecular formula is C98H85BrIO3S5+5. The minimum atomic E-state index is -0.536. The van der Waals surface area contributed by atoms with Gasteiger partial charge in [-0.3, -0.25) is 0 Å². The molecule has 0 atom stereocenters. The first-order chi connectivity index (χ1) is 52.8. The summed E-state index contributed by atoms with van der Waals surface area (Å²) in [6.07, 6.45) is 4.53. The number of hydrogen-bond donors (Lipinski definition) is 0. The fraction of sp³-hybridized carbons (Fsp3) is 0.0714. The monoisotopic (exact) mass is 1680 g/mol. The lowest BCUT2D eigenvalue weighted by Crippen LogP contribution is -2.27. The number of fused-ring (bicyclic) bond motifs is 3. The van der Waals surface area contributed by atoms with Gasteiger partial charge in [0.15, 0.2) is 70.2 Å². The normalized spacial score (nSPS) is 11.0. The van der Waals surface area contributed by atoms with Crippen molar-refractivity contribution in [1.82, 2.24) is 0 Å². The molecule has 0 N–H and O–H groups in total. The predicted octanol–water partition coefficient (Wildman–Crippen LogP) is 26.6. The second kappa shape index (κ2) is 39.6. The van der Waals surface area contributed by atoms with Gasteiger partial charge in [0, 0.05) is 40.5 Å². The first kappa shape index (κ1) is 78.1. The molecule has 108 heavy (non-hydrogen) atoms. The van der Waals surface area contributed by atoms with E-state index in [1.165, 1.54) is 88.8 Å². The lowest BCUT2D eigenvalue weighted by Gasteiger charge is -2.19. The maximum atomic E-state index is 12.2. The van der Waals surface area contributed by atoms with Gasteiger partial charge in [-0.25, -0.2) is 4.79 Å². The molecular weight excluding hydrogens is 1590 g/mol. The molecule has 0 radical (unpaired) electrons. The third kappa shape index (κ3) is 21.5. The van der Waals surface area contributed by atoms with Crippen LogP contribution in [0.1, 0.15) is 20.8 Å². The van der Waals surface area contributed by atoms with E-state index in [1.807, 2.05) is 57.2 Å². The van der Waals surface area contributed by atoms with Gasteiger partial charge in [0.25, 0.3) is 0 Å². The van der Waals surface area contributed by atoms with Crippen molar-refractivity contribution in [2.45, 2.75) is 90.0 Å². The third-order valence-corrected chi connectivity index (χ3v) is 28.4. The van der Waals surface area contributed by atoms with Crippen LogP contribution in [0.2, 0.25) is 0 Å². The standard InChI is InChI=1S/C28H27O3S.C22H17S.C18H14BrS.C18H14IS.C12H13S/c1-28(2,3)31-27(29)20-30-25-18-19-26(24-17-11-10-16-23(24)25)32(21-12-6-4-7-13-21)22-14-8-5-9-15-22;1-3-12-19(13-4-1)23(20-14-5-2-6-15-20)22-17-9-11-18-10-7-8-16-21(18)22;2*19-15-11-13-18(14-12-15)20(16-7-3-1-4-8-16)17-9-5-2-6-10-17;1-13(2)12-9-5-7-10-6-3-4-8-11(10)12/h4-19H,20H2,1-3H3;1-17H;2*1-14H;3-9H,1-2H3/q5*+1. The van der Waals surface area contributed by atoms with Crippen molar-refractivity contribution in [3.8, 4) is 5.75 Å². The van der Waals surface area contributed by atoms with Crippen molar-refractivity contribution in [3.63, 3.8) is 0 Å². The van der Waals surface area contributed by atoms with Crippen LogP contribution in [0.5, 0.6) is 5.75 Å². The summed E-state index contributed by atoms with van der Waals surface area (Å²) in [7, 11) is -0.0834. The Labute approximate surface area is 674 Å². The van der Waals surface area contributed by atoms with E-state index in [0.717, 1.165) is 15.2 Å². The third-order valence-electron chi connectivity index (χ3n) is 16.9. The highest BCUT2D eigenvalue weighted by Gasteiger charge is 2.34. The Morgan fingerprint density at radius 3 is 0.935 bits per heavy atom. The molecule has 0 aromatic heterocycles. The summed E-state index contributed by atoms with van der Waals surface area (Å²) >= 11 is 5.86. The van der Waals surface area contributed by atoms with Crippen LogP contribution >= 0.6 is 38.5 Å². The van der Waals surface area contributed by atoms with Gasteiger partial charge in [-0.1, -0.05) is 240 Å². The maximum absolute atomic E-state index is 12.2. The molecule has 0 unspecified atom stereocenters. The smallest absolute Gasteiger partial charge is 0.344 e. The van der Waals surface area contributed by atoms with Gasteiger partial charge in [-0.15, -0.1) is 0 Å². The van der Waals surface area contributed by atoms with Crippen LogP contribution in [0.15, 0.2) is 481 Å². The number of hydrogen-bond acceptors (Lipinski definition) is 3. The summed E-state index contributed by atoms with van der Waals surface area (Å²) in [5.74, 6) is 0.305. The first-order valence-electron chi connectivity index (χ1n) is 35.6. The van der Waals surface area contributed by atoms with E-state index in [9.17, 15) is 4.79 Å². The molecule has 0 saturated heterocycles. The highest BCUT2D eigenvalue weighted by molar-refractivity contribution is 14.1. The first-order valence-corrected chi connectivity index (χ1v) is 44.4. The van der Waals surface area contributed by atoms with E-state index >= 15 is 0 Å². The Morgan fingerprint density at radius 2 is 0.574 bits per heavy atom. The van der Waals surface area contributed by atoms with Crippen molar-refractivity contribution >= 4 is 131 Å². The largest absolute Gasteiger partial charge is 0.481 e. The van der Waals surface area contributed by atoms with Gasteiger partial charge in [0.1, 0.15) is 23.9 Å². The number of rotatable bonds is 16. The van der Waals surface area contributed by atoms with E-state index in [0.29, 0.717) is 16.6 Å². The fourth-order valence-corrected chi connectivity index (χ4v) is 22.4. The molecule has 0 amide bonds. The molecule has 0 bridgehead atoms.